The SMILES string of the molecule is CCCC1(C(=O)Nc2nnc(C3CC3)o2)CCNCC1. The summed E-state index contributed by atoms with van der Waals surface area (Å²) in [7, 11) is 0. The van der Waals surface area contributed by atoms with Gasteiger partial charge in [-0.2, -0.15) is 0 Å². The van der Waals surface area contributed by atoms with Gasteiger partial charge in [-0.25, -0.2) is 0 Å². The highest BCUT2D eigenvalue weighted by molar-refractivity contribution is 5.93. The van der Waals surface area contributed by atoms with Crippen LogP contribution in [0.1, 0.15) is 57.3 Å². The fourth-order valence-electron chi connectivity index (χ4n) is 2.98. The summed E-state index contributed by atoms with van der Waals surface area (Å²) in [4.78, 5) is 12.6. The molecular formula is C14H22N4O2. The van der Waals surface area contributed by atoms with Gasteiger partial charge in [-0.05, 0) is 45.2 Å². The zero-order valence-electron chi connectivity index (χ0n) is 11.9. The first-order chi connectivity index (χ1) is 9.73. The van der Waals surface area contributed by atoms with Crippen LogP contribution in [0.2, 0.25) is 0 Å². The number of rotatable bonds is 5. The average molecular weight is 278 g/mol. The van der Waals surface area contributed by atoms with E-state index in [4.69, 9.17) is 4.42 Å². The second kappa shape index (κ2) is 5.52. The number of piperidine rings is 1. The number of hydrogen-bond donors (Lipinski definition) is 2. The molecule has 1 aromatic heterocycles. The lowest BCUT2D eigenvalue weighted by molar-refractivity contribution is -0.127. The standard InChI is InChI=1S/C14H22N4O2/c1-2-5-14(6-8-15-9-7-14)12(19)16-13-18-17-11(20-13)10-3-4-10/h10,15H,2-9H2,1H3,(H,16,18,19). The van der Waals surface area contributed by atoms with E-state index in [1.165, 1.54) is 0 Å². The molecule has 110 valence electrons. The molecule has 0 spiro atoms. The highest BCUT2D eigenvalue weighted by atomic mass is 16.4. The largest absolute Gasteiger partial charge is 0.408 e. The predicted octanol–water partition coefficient (Wildman–Crippen LogP) is 2.06. The first kappa shape index (κ1) is 13.5. The van der Waals surface area contributed by atoms with Crippen LogP contribution in [-0.4, -0.2) is 29.2 Å². The van der Waals surface area contributed by atoms with E-state index in [9.17, 15) is 4.79 Å². The molecule has 1 saturated carbocycles. The Hall–Kier alpha value is -1.43. The minimum absolute atomic E-state index is 0.0341. The van der Waals surface area contributed by atoms with Crippen molar-refractivity contribution in [2.45, 2.75) is 51.4 Å². The molecule has 1 aliphatic carbocycles. The Morgan fingerprint density at radius 1 is 1.40 bits per heavy atom. The number of amides is 1. The van der Waals surface area contributed by atoms with Crippen LogP contribution in [0.5, 0.6) is 0 Å². The van der Waals surface area contributed by atoms with E-state index >= 15 is 0 Å². The van der Waals surface area contributed by atoms with Crippen molar-refractivity contribution >= 4 is 11.9 Å². The van der Waals surface area contributed by atoms with Crippen molar-refractivity contribution in [1.29, 1.82) is 0 Å². The van der Waals surface area contributed by atoms with Crippen LogP contribution < -0.4 is 10.6 Å². The van der Waals surface area contributed by atoms with Gasteiger partial charge in [-0.3, -0.25) is 10.1 Å². The summed E-state index contributed by atoms with van der Waals surface area (Å²) in [5, 5.41) is 14.1. The molecule has 0 radical (unpaired) electrons. The van der Waals surface area contributed by atoms with Crippen LogP contribution in [0.25, 0.3) is 0 Å². The second-order valence-corrected chi connectivity index (χ2v) is 5.95. The Labute approximate surface area is 118 Å². The van der Waals surface area contributed by atoms with E-state index in [1.54, 1.807) is 0 Å². The monoisotopic (exact) mass is 278 g/mol. The van der Waals surface area contributed by atoms with Gasteiger partial charge in [-0.1, -0.05) is 18.4 Å². The zero-order valence-corrected chi connectivity index (χ0v) is 11.9. The number of nitrogens with zero attached hydrogens (tertiary/aromatic N) is 2. The molecule has 2 heterocycles. The van der Waals surface area contributed by atoms with Gasteiger partial charge in [-0.15, -0.1) is 5.10 Å². The fraction of sp³-hybridized carbons (Fsp3) is 0.786. The highest BCUT2D eigenvalue weighted by Gasteiger charge is 2.39. The molecule has 0 atom stereocenters. The number of aromatic nitrogens is 2. The van der Waals surface area contributed by atoms with Crippen LogP contribution in [0.3, 0.4) is 0 Å². The van der Waals surface area contributed by atoms with E-state index in [-0.39, 0.29) is 17.3 Å². The number of nitrogens with one attached hydrogen (secondary N) is 2. The third-order valence-electron chi connectivity index (χ3n) is 4.36. The Kier molecular flexibility index (Phi) is 3.74. The van der Waals surface area contributed by atoms with Crippen molar-refractivity contribution < 1.29 is 9.21 Å². The second-order valence-electron chi connectivity index (χ2n) is 5.95. The van der Waals surface area contributed by atoms with E-state index in [0.717, 1.165) is 51.6 Å². The molecule has 6 heteroatoms. The van der Waals surface area contributed by atoms with Crippen molar-refractivity contribution in [2.24, 2.45) is 5.41 Å². The highest BCUT2D eigenvalue weighted by Crippen LogP contribution is 2.40. The lowest BCUT2D eigenvalue weighted by Gasteiger charge is -2.35. The maximum Gasteiger partial charge on any atom is 0.322 e. The minimum atomic E-state index is -0.284. The van der Waals surface area contributed by atoms with Crippen LogP contribution in [0.4, 0.5) is 6.01 Å². The van der Waals surface area contributed by atoms with Gasteiger partial charge in [0.2, 0.25) is 11.8 Å². The summed E-state index contributed by atoms with van der Waals surface area (Å²) < 4.78 is 5.52. The maximum absolute atomic E-state index is 12.6. The molecule has 1 aromatic rings. The van der Waals surface area contributed by atoms with Crippen LogP contribution in [0.15, 0.2) is 4.42 Å². The van der Waals surface area contributed by atoms with Gasteiger partial charge in [0, 0.05) is 5.92 Å². The van der Waals surface area contributed by atoms with Crippen molar-refractivity contribution in [2.75, 3.05) is 18.4 Å². The Morgan fingerprint density at radius 3 is 2.80 bits per heavy atom. The first-order valence-corrected chi connectivity index (χ1v) is 7.59. The number of carbonyl (C=O) groups is 1. The predicted molar refractivity (Wildman–Crippen MR) is 74.3 cm³/mol. The Bertz CT molecular complexity index is 470. The third kappa shape index (κ3) is 2.70. The molecule has 2 N–H and O–H groups in total. The molecule has 0 unspecified atom stereocenters. The van der Waals surface area contributed by atoms with Crippen LogP contribution >= 0.6 is 0 Å². The van der Waals surface area contributed by atoms with Crippen LogP contribution in [-0.2, 0) is 4.79 Å². The number of anilines is 1. The molecule has 6 nitrogen and oxygen atoms in total. The molecule has 0 aromatic carbocycles. The molecule has 3 rings (SSSR count). The van der Waals surface area contributed by atoms with Gasteiger partial charge >= 0.3 is 6.01 Å². The van der Waals surface area contributed by atoms with Crippen molar-refractivity contribution in [3.63, 3.8) is 0 Å². The Balaban J connectivity index is 1.68. The summed E-state index contributed by atoms with van der Waals surface area (Å²) in [6.07, 6.45) is 5.88. The number of carbonyl (C=O) groups excluding carboxylic acids is 1. The molecule has 0 bridgehead atoms. The van der Waals surface area contributed by atoms with Crippen LogP contribution in [0, 0.1) is 5.41 Å². The van der Waals surface area contributed by atoms with E-state index in [0.29, 0.717) is 11.8 Å². The zero-order chi connectivity index (χ0) is 14.0. The lowest BCUT2D eigenvalue weighted by Crippen LogP contribution is -2.44. The molecule has 20 heavy (non-hydrogen) atoms. The molecule has 2 aliphatic rings. The van der Waals surface area contributed by atoms with Gasteiger partial charge < -0.3 is 9.73 Å². The maximum atomic E-state index is 12.6. The van der Waals surface area contributed by atoms with Gasteiger partial charge in [0.25, 0.3) is 0 Å². The van der Waals surface area contributed by atoms with Crippen molar-refractivity contribution in [1.82, 2.24) is 15.5 Å². The van der Waals surface area contributed by atoms with E-state index in [2.05, 4.69) is 27.8 Å². The van der Waals surface area contributed by atoms with Gasteiger partial charge in [0.05, 0.1) is 5.41 Å². The smallest absolute Gasteiger partial charge is 0.322 e. The Morgan fingerprint density at radius 2 is 2.15 bits per heavy atom. The summed E-state index contributed by atoms with van der Waals surface area (Å²) in [6.45, 7) is 3.91. The molecular weight excluding hydrogens is 256 g/mol. The third-order valence-corrected chi connectivity index (χ3v) is 4.36. The summed E-state index contributed by atoms with van der Waals surface area (Å²) in [5.74, 6) is 1.11. The molecule has 2 fully saturated rings. The lowest BCUT2D eigenvalue weighted by atomic mass is 9.74. The average Bonchev–Trinajstić information content (AvgIpc) is 3.21. The molecule has 1 amide bonds. The molecule has 1 aliphatic heterocycles. The van der Waals surface area contributed by atoms with Crippen molar-refractivity contribution in [3.8, 4) is 0 Å². The normalized spacial score (nSPS) is 21.6. The van der Waals surface area contributed by atoms with Crippen molar-refractivity contribution in [3.05, 3.63) is 5.89 Å². The summed E-state index contributed by atoms with van der Waals surface area (Å²) in [6, 6.07) is 0.255. The summed E-state index contributed by atoms with van der Waals surface area (Å²) in [5.41, 5.74) is -0.284. The first-order valence-electron chi connectivity index (χ1n) is 7.59. The van der Waals surface area contributed by atoms with Gasteiger partial charge in [0.1, 0.15) is 0 Å². The summed E-state index contributed by atoms with van der Waals surface area (Å²) >= 11 is 0. The number of hydrogen-bond acceptors (Lipinski definition) is 5. The molecule has 1 saturated heterocycles. The topological polar surface area (TPSA) is 80.1 Å². The fourth-order valence-corrected chi connectivity index (χ4v) is 2.98. The van der Waals surface area contributed by atoms with E-state index < -0.39 is 0 Å². The quantitative estimate of drug-likeness (QED) is 0.861. The van der Waals surface area contributed by atoms with Gasteiger partial charge in [0.15, 0.2) is 0 Å². The minimum Gasteiger partial charge on any atom is -0.408 e. The van der Waals surface area contributed by atoms with E-state index in [1.807, 2.05) is 0 Å².